The molecule has 2 aliphatic heterocycles. The van der Waals surface area contributed by atoms with E-state index in [0.717, 1.165) is 29.4 Å². The highest BCUT2D eigenvalue weighted by Gasteiger charge is 2.37. The average Bonchev–Trinajstić information content (AvgIpc) is 3.22. The fourth-order valence-electron chi connectivity index (χ4n) is 3.88. The van der Waals surface area contributed by atoms with Crippen LogP contribution in [0.4, 0.5) is 4.79 Å². The number of cyclic esters (lactones) is 1. The Labute approximate surface area is 200 Å². The summed E-state index contributed by atoms with van der Waals surface area (Å²) in [4.78, 5) is 37.0. The van der Waals surface area contributed by atoms with Crippen molar-refractivity contribution >= 4 is 23.8 Å². The molecule has 0 amide bonds. The van der Waals surface area contributed by atoms with Crippen molar-refractivity contribution in [2.45, 2.75) is 60.8 Å². The molecule has 7 heteroatoms. The third-order valence-electron chi connectivity index (χ3n) is 5.43. The zero-order valence-electron chi connectivity index (χ0n) is 20.9. The Bertz CT molecular complexity index is 1170. The maximum absolute atomic E-state index is 13.2. The zero-order chi connectivity index (χ0) is 25.4. The number of methoxy groups -OCH3 is 1. The highest BCUT2D eigenvalue weighted by molar-refractivity contribution is 5.87. The number of aryl methyl sites for hydroxylation is 1. The van der Waals surface area contributed by atoms with E-state index in [0.29, 0.717) is 23.4 Å². The molecule has 0 aliphatic carbocycles. The Morgan fingerprint density at radius 1 is 1.15 bits per heavy atom. The predicted octanol–water partition coefficient (Wildman–Crippen LogP) is 5.59. The van der Waals surface area contributed by atoms with Gasteiger partial charge in [0.15, 0.2) is 0 Å². The highest BCUT2D eigenvalue weighted by atomic mass is 16.7. The molecule has 3 heterocycles. The quantitative estimate of drug-likeness (QED) is 0.535. The molecule has 0 saturated heterocycles. The highest BCUT2D eigenvalue weighted by Crippen LogP contribution is 2.36. The molecule has 0 saturated carbocycles. The smallest absolute Gasteiger partial charge is 0.458 e. The van der Waals surface area contributed by atoms with Gasteiger partial charge in [-0.05, 0) is 48.3 Å². The van der Waals surface area contributed by atoms with Crippen molar-refractivity contribution < 1.29 is 23.8 Å². The van der Waals surface area contributed by atoms with Crippen LogP contribution in [0, 0.1) is 6.92 Å². The molecule has 2 aliphatic rings. The molecular weight excluding hydrogens is 434 g/mol. The Kier molecular flexibility index (Phi) is 9.42. The summed E-state index contributed by atoms with van der Waals surface area (Å²) in [6.07, 6.45) is 1.66. The van der Waals surface area contributed by atoms with Gasteiger partial charge in [-0.25, -0.2) is 9.59 Å². The molecule has 0 spiro atoms. The van der Waals surface area contributed by atoms with Crippen LogP contribution in [0.25, 0.3) is 11.6 Å². The third kappa shape index (κ3) is 5.14. The number of aromatic nitrogens is 1. The van der Waals surface area contributed by atoms with Gasteiger partial charge in [-0.15, -0.1) is 0 Å². The van der Waals surface area contributed by atoms with E-state index in [1.165, 1.54) is 0 Å². The molecule has 0 bridgehead atoms. The first kappa shape index (κ1) is 26.6. The first-order valence-electron chi connectivity index (χ1n) is 11.6. The minimum absolute atomic E-state index is 0.156. The monoisotopic (exact) mass is 467 g/mol. The lowest BCUT2D eigenvalue weighted by Crippen LogP contribution is -2.34. The van der Waals surface area contributed by atoms with E-state index in [1.54, 1.807) is 10.6 Å². The number of hydrogen-bond acceptors (Lipinski definition) is 6. The second-order valence-electron chi connectivity index (χ2n) is 7.14. The van der Waals surface area contributed by atoms with Gasteiger partial charge in [0.2, 0.25) is 6.10 Å². The van der Waals surface area contributed by atoms with E-state index in [4.69, 9.17) is 9.47 Å². The van der Waals surface area contributed by atoms with E-state index < -0.39 is 18.2 Å². The number of carbonyl (C=O) groups is 2. The van der Waals surface area contributed by atoms with Crippen LogP contribution in [0.5, 0.6) is 0 Å². The lowest BCUT2D eigenvalue weighted by molar-refractivity contribution is -0.159. The minimum atomic E-state index is -1.33. The van der Waals surface area contributed by atoms with Crippen molar-refractivity contribution in [1.29, 1.82) is 0 Å². The number of ether oxygens (including phenoxy) is 3. The Balaban J connectivity index is 0.000000970. The van der Waals surface area contributed by atoms with Gasteiger partial charge in [-0.3, -0.25) is 4.79 Å². The fourth-order valence-corrected chi connectivity index (χ4v) is 3.88. The molecular formula is C27H33NO6. The van der Waals surface area contributed by atoms with Crippen LogP contribution in [-0.4, -0.2) is 23.8 Å². The van der Waals surface area contributed by atoms with Crippen molar-refractivity contribution in [2.75, 3.05) is 7.11 Å². The Morgan fingerprint density at radius 3 is 2.44 bits per heavy atom. The number of rotatable bonds is 2. The largest absolute Gasteiger partial charge is 0.509 e. The minimum Gasteiger partial charge on any atom is -0.458 e. The molecule has 1 unspecified atom stereocenters. The molecule has 0 fully saturated rings. The number of hydrogen-bond donors (Lipinski definition) is 0. The zero-order valence-corrected chi connectivity index (χ0v) is 20.9. The number of benzene rings is 1. The molecule has 182 valence electrons. The predicted molar refractivity (Wildman–Crippen MR) is 132 cm³/mol. The third-order valence-corrected chi connectivity index (χ3v) is 5.43. The molecule has 4 rings (SSSR count). The van der Waals surface area contributed by atoms with Crippen LogP contribution in [-0.2, 0) is 32.2 Å². The normalized spacial score (nSPS) is 18.0. The lowest BCUT2D eigenvalue weighted by atomic mass is 9.97. The van der Waals surface area contributed by atoms with Crippen LogP contribution < -0.4 is 5.56 Å². The summed E-state index contributed by atoms with van der Waals surface area (Å²) in [5, 5.41) is 0. The van der Waals surface area contributed by atoms with Crippen molar-refractivity contribution in [1.82, 2.24) is 4.57 Å². The summed E-state index contributed by atoms with van der Waals surface area (Å²) in [6, 6.07) is 9.75. The standard InChI is InChI=1S/C23H21NO6.2C2H6/c1-4-16-15(9-14-8-6-5-7-13(14)2)11-24-19(16)10-17-18(21(24)25)12-29-22(26)20(17)30-23(27)28-3;2*1-2/h4-10,20H,11-12H2,1-3H3;2*1-2H3/b15-9-,16-4+;;. The number of allylic oxidation sites excluding steroid dienone is 3. The van der Waals surface area contributed by atoms with E-state index in [9.17, 15) is 14.4 Å². The van der Waals surface area contributed by atoms with Gasteiger partial charge in [0.05, 0.1) is 24.9 Å². The van der Waals surface area contributed by atoms with Crippen molar-refractivity contribution in [2.24, 2.45) is 0 Å². The van der Waals surface area contributed by atoms with E-state index in [2.05, 4.69) is 10.8 Å². The molecule has 2 aromatic rings. The maximum Gasteiger partial charge on any atom is 0.509 e. The maximum atomic E-state index is 13.2. The summed E-state index contributed by atoms with van der Waals surface area (Å²) < 4.78 is 16.3. The van der Waals surface area contributed by atoms with Crippen molar-refractivity contribution in [3.05, 3.63) is 80.3 Å². The van der Waals surface area contributed by atoms with Gasteiger partial charge in [0.25, 0.3) is 5.56 Å². The van der Waals surface area contributed by atoms with Crippen LogP contribution in [0.15, 0.2) is 46.8 Å². The van der Waals surface area contributed by atoms with Gasteiger partial charge in [0.1, 0.15) is 6.61 Å². The van der Waals surface area contributed by atoms with Crippen LogP contribution in [0.3, 0.4) is 0 Å². The molecule has 0 N–H and O–H groups in total. The molecule has 1 atom stereocenters. The van der Waals surface area contributed by atoms with Gasteiger partial charge < -0.3 is 18.8 Å². The summed E-state index contributed by atoms with van der Waals surface area (Å²) in [6.45, 7) is 12.2. The Hall–Kier alpha value is -3.61. The molecule has 0 radical (unpaired) electrons. The molecule has 7 nitrogen and oxygen atoms in total. The fraction of sp³-hybridized carbons (Fsp3) is 0.370. The molecule has 1 aromatic heterocycles. The van der Waals surface area contributed by atoms with Crippen LogP contribution in [0.1, 0.15) is 68.7 Å². The van der Waals surface area contributed by atoms with E-state index in [-0.39, 0.29) is 12.2 Å². The number of nitrogens with zero attached hydrogens (tertiary/aromatic N) is 1. The number of fused-ring (bicyclic) bond motifs is 2. The van der Waals surface area contributed by atoms with E-state index in [1.807, 2.05) is 71.9 Å². The SMILES string of the molecule is C/C=C1\C(=C/c2ccccc2C)Cn2c1cc1c(c2=O)COC(=O)C1OC(=O)OC.CC.CC. The van der Waals surface area contributed by atoms with Crippen LogP contribution >= 0.6 is 0 Å². The van der Waals surface area contributed by atoms with Crippen LogP contribution in [0.2, 0.25) is 0 Å². The van der Waals surface area contributed by atoms with Gasteiger partial charge in [0, 0.05) is 5.56 Å². The molecule has 34 heavy (non-hydrogen) atoms. The lowest BCUT2D eigenvalue weighted by Gasteiger charge is -2.24. The van der Waals surface area contributed by atoms with Crippen molar-refractivity contribution in [3.63, 3.8) is 0 Å². The van der Waals surface area contributed by atoms with Gasteiger partial charge in [-0.2, -0.15) is 0 Å². The topological polar surface area (TPSA) is 83.8 Å². The summed E-state index contributed by atoms with van der Waals surface area (Å²) in [5.74, 6) is -0.729. The Morgan fingerprint density at radius 2 is 1.82 bits per heavy atom. The average molecular weight is 468 g/mol. The van der Waals surface area contributed by atoms with Gasteiger partial charge in [-0.1, -0.05) is 58.0 Å². The first-order valence-corrected chi connectivity index (χ1v) is 11.6. The first-order chi connectivity index (χ1) is 16.4. The van der Waals surface area contributed by atoms with E-state index >= 15 is 0 Å². The second kappa shape index (κ2) is 12.0. The molecule has 1 aromatic carbocycles. The second-order valence-corrected chi connectivity index (χ2v) is 7.14. The number of esters is 1. The summed E-state index contributed by atoms with van der Waals surface area (Å²) in [5.41, 5.74) is 5.15. The number of carbonyl (C=O) groups excluding carboxylic acids is 2. The summed E-state index contributed by atoms with van der Waals surface area (Å²) >= 11 is 0. The van der Waals surface area contributed by atoms with Crippen molar-refractivity contribution in [3.8, 4) is 0 Å². The van der Waals surface area contributed by atoms with Gasteiger partial charge >= 0.3 is 12.1 Å². The number of pyridine rings is 1. The summed E-state index contributed by atoms with van der Waals surface area (Å²) in [7, 11) is 1.15.